The fourth-order valence-corrected chi connectivity index (χ4v) is 2.17. The molecule has 0 radical (unpaired) electrons. The molecule has 1 aromatic heterocycles. The summed E-state index contributed by atoms with van der Waals surface area (Å²) in [6, 6.07) is 15.5. The fourth-order valence-electron chi connectivity index (χ4n) is 2.17. The van der Waals surface area contributed by atoms with Gasteiger partial charge in [0.05, 0.1) is 5.52 Å². The lowest BCUT2D eigenvalue weighted by molar-refractivity contribution is 0.0990. The summed E-state index contributed by atoms with van der Waals surface area (Å²) in [5.74, 6) is -0.119. The van der Waals surface area contributed by atoms with E-state index >= 15 is 0 Å². The van der Waals surface area contributed by atoms with Crippen LogP contribution in [0.25, 0.3) is 10.9 Å². The van der Waals surface area contributed by atoms with Gasteiger partial charge in [0.25, 0.3) is 5.91 Å². The summed E-state index contributed by atoms with van der Waals surface area (Å²) in [6.45, 7) is 2.02. The molecule has 0 saturated heterocycles. The monoisotopic (exact) mass is 265 g/mol. The second-order valence-corrected chi connectivity index (χ2v) is 4.82. The number of fused-ring (bicyclic) bond motifs is 1. The van der Waals surface area contributed by atoms with Gasteiger partial charge in [0.15, 0.2) is 5.69 Å². The molecular formula is C16H15N3O. The Morgan fingerprint density at radius 1 is 1.10 bits per heavy atom. The SMILES string of the molecule is Cc1ccc(N(C)C(=O)c2n[nH]c3ccccc23)cc1. The normalized spacial score (nSPS) is 10.7. The predicted octanol–water partition coefficient (Wildman–Crippen LogP) is 3.15. The molecule has 3 aromatic rings. The van der Waals surface area contributed by atoms with Gasteiger partial charge in [-0.05, 0) is 25.1 Å². The molecule has 0 unspecified atom stereocenters. The van der Waals surface area contributed by atoms with Gasteiger partial charge in [0.1, 0.15) is 0 Å². The summed E-state index contributed by atoms with van der Waals surface area (Å²) < 4.78 is 0. The van der Waals surface area contributed by atoms with E-state index in [4.69, 9.17) is 0 Å². The highest BCUT2D eigenvalue weighted by molar-refractivity contribution is 6.12. The van der Waals surface area contributed by atoms with Crippen molar-refractivity contribution >= 4 is 22.5 Å². The van der Waals surface area contributed by atoms with E-state index in [-0.39, 0.29) is 5.91 Å². The van der Waals surface area contributed by atoms with Crippen molar-refractivity contribution in [3.63, 3.8) is 0 Å². The van der Waals surface area contributed by atoms with Crippen molar-refractivity contribution in [3.8, 4) is 0 Å². The van der Waals surface area contributed by atoms with Gasteiger partial charge in [-0.25, -0.2) is 0 Å². The van der Waals surface area contributed by atoms with E-state index in [2.05, 4.69) is 10.2 Å². The van der Waals surface area contributed by atoms with Crippen LogP contribution in [0, 0.1) is 6.92 Å². The smallest absolute Gasteiger partial charge is 0.279 e. The summed E-state index contributed by atoms with van der Waals surface area (Å²) in [5, 5.41) is 7.87. The number of rotatable bonds is 2. The molecule has 20 heavy (non-hydrogen) atoms. The number of aromatic nitrogens is 2. The number of hydrogen-bond donors (Lipinski definition) is 1. The number of carbonyl (C=O) groups excluding carboxylic acids is 1. The standard InChI is InChI=1S/C16H15N3O/c1-11-7-9-12(10-8-11)19(2)16(20)15-13-5-3-4-6-14(13)17-18-15/h3-10H,1-2H3,(H,17,18). The molecule has 4 nitrogen and oxygen atoms in total. The lowest BCUT2D eigenvalue weighted by Crippen LogP contribution is -2.26. The summed E-state index contributed by atoms with van der Waals surface area (Å²) in [7, 11) is 1.76. The number of hydrogen-bond acceptors (Lipinski definition) is 2. The van der Waals surface area contributed by atoms with Crippen LogP contribution in [0.15, 0.2) is 48.5 Å². The number of aromatic amines is 1. The Hall–Kier alpha value is -2.62. The van der Waals surface area contributed by atoms with Crippen molar-refractivity contribution in [2.45, 2.75) is 6.92 Å². The van der Waals surface area contributed by atoms with Gasteiger partial charge in [-0.2, -0.15) is 5.10 Å². The Balaban J connectivity index is 1.97. The third-order valence-corrected chi connectivity index (χ3v) is 3.40. The Kier molecular flexibility index (Phi) is 2.99. The molecule has 4 heteroatoms. The van der Waals surface area contributed by atoms with Crippen LogP contribution in [0.4, 0.5) is 5.69 Å². The van der Waals surface area contributed by atoms with Crippen LogP contribution < -0.4 is 4.90 Å². The molecule has 100 valence electrons. The highest BCUT2D eigenvalue weighted by Gasteiger charge is 2.18. The van der Waals surface area contributed by atoms with E-state index in [1.165, 1.54) is 5.56 Å². The largest absolute Gasteiger partial charge is 0.310 e. The van der Waals surface area contributed by atoms with Crippen LogP contribution in [0.3, 0.4) is 0 Å². The van der Waals surface area contributed by atoms with Crippen molar-refractivity contribution in [3.05, 3.63) is 59.8 Å². The van der Waals surface area contributed by atoms with Crippen LogP contribution in [-0.2, 0) is 0 Å². The molecule has 0 aliphatic rings. The number of para-hydroxylation sites is 1. The maximum absolute atomic E-state index is 12.5. The number of aryl methyl sites for hydroxylation is 1. The van der Waals surface area contributed by atoms with E-state index in [1.54, 1.807) is 11.9 Å². The minimum Gasteiger partial charge on any atom is -0.310 e. The topological polar surface area (TPSA) is 49.0 Å². The number of amides is 1. The molecule has 0 fully saturated rings. The number of nitrogens with one attached hydrogen (secondary N) is 1. The van der Waals surface area contributed by atoms with Crippen LogP contribution in [-0.4, -0.2) is 23.2 Å². The van der Waals surface area contributed by atoms with Crippen LogP contribution in [0.1, 0.15) is 16.1 Å². The van der Waals surface area contributed by atoms with E-state index in [0.29, 0.717) is 5.69 Å². The van der Waals surface area contributed by atoms with Crippen LogP contribution in [0.5, 0.6) is 0 Å². The molecule has 0 atom stereocenters. The number of nitrogens with zero attached hydrogens (tertiary/aromatic N) is 2. The lowest BCUT2D eigenvalue weighted by Gasteiger charge is -2.16. The van der Waals surface area contributed by atoms with Crippen molar-refractivity contribution in [2.75, 3.05) is 11.9 Å². The highest BCUT2D eigenvalue weighted by Crippen LogP contribution is 2.20. The van der Waals surface area contributed by atoms with Gasteiger partial charge in [0.2, 0.25) is 0 Å². The zero-order valence-corrected chi connectivity index (χ0v) is 11.4. The molecule has 3 rings (SSSR count). The number of anilines is 1. The van der Waals surface area contributed by atoms with Crippen molar-refractivity contribution < 1.29 is 4.79 Å². The minimum absolute atomic E-state index is 0.119. The third kappa shape index (κ3) is 2.05. The molecule has 1 amide bonds. The van der Waals surface area contributed by atoms with Crippen molar-refractivity contribution in [2.24, 2.45) is 0 Å². The van der Waals surface area contributed by atoms with Crippen LogP contribution in [0.2, 0.25) is 0 Å². The average Bonchev–Trinajstić information content (AvgIpc) is 2.90. The molecule has 0 bridgehead atoms. The van der Waals surface area contributed by atoms with E-state index in [1.807, 2.05) is 55.5 Å². The molecule has 0 aliphatic carbocycles. The molecule has 1 heterocycles. The van der Waals surface area contributed by atoms with Gasteiger partial charge in [-0.15, -0.1) is 0 Å². The summed E-state index contributed by atoms with van der Waals surface area (Å²) >= 11 is 0. The summed E-state index contributed by atoms with van der Waals surface area (Å²) in [4.78, 5) is 14.2. The van der Waals surface area contributed by atoms with Gasteiger partial charge in [-0.3, -0.25) is 9.89 Å². The highest BCUT2D eigenvalue weighted by atomic mass is 16.2. The molecule has 0 spiro atoms. The number of benzene rings is 2. The lowest BCUT2D eigenvalue weighted by atomic mass is 10.2. The molecular weight excluding hydrogens is 250 g/mol. The quantitative estimate of drug-likeness (QED) is 0.773. The second-order valence-electron chi connectivity index (χ2n) is 4.82. The first-order valence-electron chi connectivity index (χ1n) is 6.44. The summed E-state index contributed by atoms with van der Waals surface area (Å²) in [5.41, 5.74) is 3.34. The zero-order valence-electron chi connectivity index (χ0n) is 11.4. The Morgan fingerprint density at radius 3 is 2.55 bits per heavy atom. The average molecular weight is 265 g/mol. The zero-order chi connectivity index (χ0) is 14.1. The Labute approximate surface area is 117 Å². The van der Waals surface area contributed by atoms with Gasteiger partial charge < -0.3 is 4.90 Å². The number of carbonyl (C=O) groups is 1. The molecule has 1 N–H and O–H groups in total. The maximum atomic E-state index is 12.5. The molecule has 2 aromatic carbocycles. The van der Waals surface area contributed by atoms with Gasteiger partial charge in [-0.1, -0.05) is 35.9 Å². The van der Waals surface area contributed by atoms with E-state index in [0.717, 1.165) is 16.6 Å². The molecule has 0 saturated carbocycles. The fraction of sp³-hybridized carbons (Fsp3) is 0.125. The van der Waals surface area contributed by atoms with Gasteiger partial charge >= 0.3 is 0 Å². The second kappa shape index (κ2) is 4.81. The Morgan fingerprint density at radius 2 is 1.80 bits per heavy atom. The van der Waals surface area contributed by atoms with E-state index in [9.17, 15) is 4.79 Å². The number of H-pyrrole nitrogens is 1. The molecule has 0 aliphatic heterocycles. The first kappa shape index (κ1) is 12.4. The first-order chi connectivity index (χ1) is 9.66. The van der Waals surface area contributed by atoms with E-state index < -0.39 is 0 Å². The van der Waals surface area contributed by atoms with Crippen LogP contribution >= 0.6 is 0 Å². The van der Waals surface area contributed by atoms with Crippen molar-refractivity contribution in [1.29, 1.82) is 0 Å². The first-order valence-corrected chi connectivity index (χ1v) is 6.44. The summed E-state index contributed by atoms with van der Waals surface area (Å²) in [6.07, 6.45) is 0. The Bertz CT molecular complexity index is 759. The third-order valence-electron chi connectivity index (χ3n) is 3.40. The van der Waals surface area contributed by atoms with Crippen molar-refractivity contribution in [1.82, 2.24) is 10.2 Å². The predicted molar refractivity (Wildman–Crippen MR) is 80.0 cm³/mol. The van der Waals surface area contributed by atoms with Gasteiger partial charge in [0, 0.05) is 18.1 Å². The minimum atomic E-state index is -0.119. The maximum Gasteiger partial charge on any atom is 0.279 e.